The number of alkyl halides is 4. The number of aromatic nitrogens is 4. The molecule has 2 aliphatic rings. The Bertz CT molecular complexity index is 2990. The summed E-state index contributed by atoms with van der Waals surface area (Å²) in [6.07, 6.45) is -3.06. The molecular formula is C54H64ClF5N8O6Si. The number of nitrogen functional groups attached to an aromatic ring is 1. The highest BCUT2D eigenvalue weighted by atomic mass is 35.5. The molecule has 3 atom stereocenters. The highest BCUT2D eigenvalue weighted by Gasteiger charge is 2.49. The van der Waals surface area contributed by atoms with Gasteiger partial charge in [0.2, 0.25) is 0 Å². The first-order valence-corrected chi connectivity index (χ1v) is 29.0. The number of hydrogen-bond donors (Lipinski definition) is 2. The number of hydrogen-bond acceptors (Lipinski definition) is 13. The molecule has 402 valence electrons. The molecule has 0 saturated carbocycles. The number of aryl methyl sites for hydroxylation is 1. The number of ether oxygens (including phenoxy) is 5. The summed E-state index contributed by atoms with van der Waals surface area (Å²) in [6.45, 7) is 10.5. The van der Waals surface area contributed by atoms with Crippen LogP contribution in [0.4, 0.5) is 33.6 Å². The number of rotatable bonds is 22. The van der Waals surface area contributed by atoms with Gasteiger partial charge in [-0.25, -0.2) is 23.3 Å². The molecule has 8 rings (SSSR count). The number of nitrogens with two attached hydrogens (primary N) is 1. The molecule has 5 heterocycles. The van der Waals surface area contributed by atoms with Crippen molar-refractivity contribution in [1.82, 2.24) is 29.7 Å². The van der Waals surface area contributed by atoms with Gasteiger partial charge in [-0.3, -0.25) is 9.69 Å². The van der Waals surface area contributed by atoms with E-state index in [9.17, 15) is 0 Å². The average Bonchev–Trinajstić information content (AvgIpc) is 3.90. The number of nitrogens with one attached hydrogen (secondary N) is 1. The molecule has 21 heteroatoms. The van der Waals surface area contributed by atoms with Gasteiger partial charge >= 0.3 is 12.2 Å². The Labute approximate surface area is 439 Å². The normalized spacial score (nSPS) is 17.3. The van der Waals surface area contributed by atoms with Crippen LogP contribution in [0.1, 0.15) is 60.0 Å². The van der Waals surface area contributed by atoms with E-state index in [1.807, 2.05) is 36.1 Å². The second kappa shape index (κ2) is 23.0. The number of fused-ring (bicyclic) bond motifs is 2. The molecule has 6 aromatic rings. The molecule has 3 aromatic heterocycles. The van der Waals surface area contributed by atoms with Gasteiger partial charge in [0.05, 0.1) is 41.6 Å². The lowest BCUT2D eigenvalue weighted by Crippen LogP contribution is -2.44. The summed E-state index contributed by atoms with van der Waals surface area (Å²) in [4.78, 5) is 32.4. The number of methoxy groups -OCH3 is 2. The topological polar surface area (TPSA) is 151 Å². The molecular weight excluding hydrogens is 1020 g/mol. The molecule has 0 radical (unpaired) electrons. The molecule has 0 spiro atoms. The summed E-state index contributed by atoms with van der Waals surface area (Å²) in [5.74, 6) is -0.233. The number of benzene rings is 3. The Morgan fingerprint density at radius 3 is 2.27 bits per heavy atom. The van der Waals surface area contributed by atoms with Crippen molar-refractivity contribution in [2.45, 2.75) is 103 Å². The Kier molecular flexibility index (Phi) is 17.0. The van der Waals surface area contributed by atoms with E-state index in [4.69, 9.17) is 41.0 Å². The van der Waals surface area contributed by atoms with Crippen LogP contribution < -0.4 is 40.5 Å². The van der Waals surface area contributed by atoms with Gasteiger partial charge in [0.25, 0.3) is 5.56 Å². The van der Waals surface area contributed by atoms with Crippen LogP contribution in [-0.2, 0) is 30.7 Å². The van der Waals surface area contributed by atoms with Gasteiger partial charge in [-0.05, 0) is 92.4 Å². The molecule has 0 aliphatic carbocycles. The average molecular weight is 1080 g/mol. The lowest BCUT2D eigenvalue weighted by Gasteiger charge is -2.31. The zero-order chi connectivity index (χ0) is 53.8. The number of anilines is 2. The summed E-state index contributed by atoms with van der Waals surface area (Å²) < 4.78 is 111. The number of nitrogens with zero attached hydrogens (tertiary/aromatic N) is 6. The van der Waals surface area contributed by atoms with Crippen LogP contribution in [0.3, 0.4) is 0 Å². The minimum absolute atomic E-state index is 0.0546. The summed E-state index contributed by atoms with van der Waals surface area (Å²) in [5, 5.41) is 2.18. The lowest BCUT2D eigenvalue weighted by molar-refractivity contribution is -0.137. The maximum atomic E-state index is 18.2. The van der Waals surface area contributed by atoms with Gasteiger partial charge in [0.1, 0.15) is 60.2 Å². The Morgan fingerprint density at radius 1 is 0.987 bits per heavy atom. The smallest absolute Gasteiger partial charge is 0.418 e. The predicted octanol–water partition coefficient (Wildman–Crippen LogP) is 10.8. The van der Waals surface area contributed by atoms with Gasteiger partial charge in [-0.2, -0.15) is 18.2 Å². The molecule has 2 saturated heterocycles. The van der Waals surface area contributed by atoms with Crippen molar-refractivity contribution >= 4 is 42.2 Å². The number of halogens is 6. The molecule has 0 bridgehead atoms. The van der Waals surface area contributed by atoms with Crippen LogP contribution in [0.2, 0.25) is 30.7 Å². The Hall–Kier alpha value is -6.06. The molecule has 2 aliphatic heterocycles. The molecule has 75 heavy (non-hydrogen) atoms. The van der Waals surface area contributed by atoms with Gasteiger partial charge in [-0.1, -0.05) is 61.6 Å². The van der Waals surface area contributed by atoms with Crippen molar-refractivity contribution in [3.63, 3.8) is 0 Å². The molecule has 14 nitrogen and oxygen atoms in total. The van der Waals surface area contributed by atoms with Gasteiger partial charge in [0.15, 0.2) is 11.6 Å². The quantitative estimate of drug-likeness (QED) is 0.0377. The van der Waals surface area contributed by atoms with Crippen LogP contribution in [-0.4, -0.2) is 97.9 Å². The highest BCUT2D eigenvalue weighted by Crippen LogP contribution is 2.48. The maximum Gasteiger partial charge on any atom is 0.418 e. The second-order valence-electron chi connectivity index (χ2n) is 20.5. The monoisotopic (exact) mass is 1080 g/mol. The van der Waals surface area contributed by atoms with Crippen molar-refractivity contribution in [1.29, 1.82) is 0 Å². The van der Waals surface area contributed by atoms with Gasteiger partial charge in [0, 0.05) is 65.1 Å². The van der Waals surface area contributed by atoms with Crippen molar-refractivity contribution in [2.75, 3.05) is 64.3 Å². The zero-order valence-electron chi connectivity index (χ0n) is 43.3. The Morgan fingerprint density at radius 2 is 1.65 bits per heavy atom. The summed E-state index contributed by atoms with van der Waals surface area (Å²) in [5.41, 5.74) is 2.90. The van der Waals surface area contributed by atoms with Crippen LogP contribution in [0.5, 0.6) is 23.3 Å². The third-order valence-electron chi connectivity index (χ3n) is 13.9. The lowest BCUT2D eigenvalue weighted by atomic mass is 9.95. The molecule has 0 amide bonds. The van der Waals surface area contributed by atoms with Crippen molar-refractivity contribution in [3.05, 3.63) is 122 Å². The molecule has 2 fully saturated rings. The Balaban J connectivity index is 1.31. The summed E-state index contributed by atoms with van der Waals surface area (Å²) in [7, 11) is 1.46. The van der Waals surface area contributed by atoms with Crippen molar-refractivity contribution < 1.29 is 45.6 Å². The fourth-order valence-corrected chi connectivity index (χ4v) is 11.0. The van der Waals surface area contributed by atoms with Crippen molar-refractivity contribution in [3.8, 4) is 34.5 Å². The van der Waals surface area contributed by atoms with Crippen LogP contribution >= 0.6 is 11.6 Å². The fourth-order valence-electron chi connectivity index (χ4n) is 9.90. The first-order chi connectivity index (χ1) is 35.7. The van der Waals surface area contributed by atoms with E-state index in [2.05, 4.69) is 39.9 Å². The van der Waals surface area contributed by atoms with E-state index in [0.29, 0.717) is 35.8 Å². The standard InChI is InChI=1S/C54H64ClF5N8O6Si/c1-33-26-41(66(28-35-11-15-38(70-3)16-12-35)29-36-13-17-39(71-4)18-14-36)64-47(44(33)54(58,59)60)42-45(55)49(73-23-21-62-34(2)40-10-8-20-63-50(40)61)43-48(46(42)57)65-52(68(51(43)69)32-72-24-25-75(5,6)7)74-31-53-19-9-22-67(53)30-37(56)27-53/h8,10-18,20,26,34,37,62H,9,19,21-25,27-32H2,1-7H3,(H2,61,63)/t34?,37-,53+/m1/s1. The van der Waals surface area contributed by atoms with Gasteiger partial charge < -0.3 is 39.6 Å². The molecule has 3 N–H and O–H groups in total. The molecule has 3 aromatic carbocycles. The molecule has 1 unspecified atom stereocenters. The van der Waals surface area contributed by atoms with E-state index in [-0.39, 0.29) is 82.6 Å². The highest BCUT2D eigenvalue weighted by molar-refractivity contribution is 6.76. The third-order valence-corrected chi connectivity index (χ3v) is 16.0. The van der Waals surface area contributed by atoms with E-state index in [0.717, 1.165) is 28.2 Å². The zero-order valence-corrected chi connectivity index (χ0v) is 45.0. The van der Waals surface area contributed by atoms with Crippen LogP contribution in [0.15, 0.2) is 77.7 Å². The van der Waals surface area contributed by atoms with Crippen LogP contribution in [0, 0.1) is 12.7 Å². The largest absolute Gasteiger partial charge is 0.497 e. The van der Waals surface area contributed by atoms with E-state index in [1.54, 1.807) is 47.5 Å². The first kappa shape index (κ1) is 55.2. The van der Waals surface area contributed by atoms with E-state index in [1.165, 1.54) is 27.2 Å². The van der Waals surface area contributed by atoms with Crippen LogP contribution in [0.25, 0.3) is 22.2 Å². The third kappa shape index (κ3) is 12.5. The second-order valence-corrected chi connectivity index (χ2v) is 26.5. The minimum Gasteiger partial charge on any atom is -0.497 e. The summed E-state index contributed by atoms with van der Waals surface area (Å²) in [6, 6.07) is 19.2. The maximum absolute atomic E-state index is 18.2. The van der Waals surface area contributed by atoms with Gasteiger partial charge in [-0.15, -0.1) is 0 Å². The first-order valence-electron chi connectivity index (χ1n) is 24.9. The fraction of sp³-hybridized carbons (Fsp3) is 0.444. The predicted molar refractivity (Wildman–Crippen MR) is 283 cm³/mol. The van der Waals surface area contributed by atoms with E-state index < -0.39 is 75.8 Å². The van der Waals surface area contributed by atoms with Crippen molar-refractivity contribution in [2.24, 2.45) is 0 Å². The minimum atomic E-state index is -5.10. The van der Waals surface area contributed by atoms with E-state index >= 15 is 26.7 Å². The SMILES string of the molecule is COc1ccc(CN(Cc2ccc(OC)cc2)c2cc(C)c(C(F)(F)F)c(-c3c(Cl)c(OCCNC(C)c4cccnc4N)c4c(=O)n(COCC[Si](C)(C)C)c(OC[C@@]56CCCN5C[C@H](F)C6)nc4c3F)n2)cc1. The number of pyridine rings is 2. The summed E-state index contributed by atoms with van der Waals surface area (Å²) >= 11 is 7.24.